The quantitative estimate of drug-likeness (QED) is 0.128. The van der Waals surface area contributed by atoms with Crippen molar-refractivity contribution < 1.29 is 52.3 Å². The van der Waals surface area contributed by atoms with E-state index in [0.29, 0.717) is 0 Å². The molecule has 0 aromatic heterocycles. The molecule has 3 rings (SSSR count). The smallest absolute Gasteiger partial charge is 0.303 e. The molecule has 0 spiro atoms. The Labute approximate surface area is 262 Å². The van der Waals surface area contributed by atoms with E-state index in [9.17, 15) is 19.2 Å². The standard InChI is InChI=1S/C28H30Cl3NO11/c1-14(33)37-13-21(39-15(2)34)22-23(40-16(3)35)24(41-17(4)36)25(26(42-22)43-27(32)28(29,30)31)38-12-19-10-7-9-18-8-5-6-11-20(18)19/h5-11,21-26,32H,12-13H2,1-4H3/t21-,22+,23+,24-,25-,26+/m0/s1. The summed E-state index contributed by atoms with van der Waals surface area (Å²) in [4.78, 5) is 48.2. The van der Waals surface area contributed by atoms with Crippen molar-refractivity contribution in [1.29, 1.82) is 5.41 Å². The highest BCUT2D eigenvalue weighted by Gasteiger charge is 2.56. The first kappa shape index (κ1) is 34.3. The number of esters is 4. The van der Waals surface area contributed by atoms with Crippen molar-refractivity contribution in [2.24, 2.45) is 0 Å². The lowest BCUT2D eigenvalue weighted by Gasteiger charge is -2.46. The lowest BCUT2D eigenvalue weighted by Crippen LogP contribution is -2.65. The average molecular weight is 663 g/mol. The van der Waals surface area contributed by atoms with E-state index in [1.807, 2.05) is 42.5 Å². The van der Waals surface area contributed by atoms with Gasteiger partial charge in [-0.05, 0) is 16.3 Å². The van der Waals surface area contributed by atoms with Crippen molar-refractivity contribution >= 4 is 75.4 Å². The second-order valence-electron chi connectivity index (χ2n) is 9.43. The number of rotatable bonds is 10. The molecule has 234 valence electrons. The van der Waals surface area contributed by atoms with Crippen LogP contribution < -0.4 is 0 Å². The van der Waals surface area contributed by atoms with Gasteiger partial charge in [-0.15, -0.1) is 0 Å². The maximum atomic E-state index is 12.3. The van der Waals surface area contributed by atoms with Crippen LogP contribution in [0, 0.1) is 5.41 Å². The van der Waals surface area contributed by atoms with Gasteiger partial charge in [-0.3, -0.25) is 24.6 Å². The van der Waals surface area contributed by atoms with Gasteiger partial charge in [-0.25, -0.2) is 0 Å². The summed E-state index contributed by atoms with van der Waals surface area (Å²) >= 11 is 17.6. The summed E-state index contributed by atoms with van der Waals surface area (Å²) < 4.78 is 37.0. The molecule has 1 N–H and O–H groups in total. The van der Waals surface area contributed by atoms with Gasteiger partial charge in [0.1, 0.15) is 12.7 Å². The first-order chi connectivity index (χ1) is 20.2. The number of ether oxygens (including phenoxy) is 7. The zero-order chi connectivity index (χ0) is 31.9. The fourth-order valence-corrected chi connectivity index (χ4v) is 4.59. The molecule has 1 aliphatic heterocycles. The predicted octanol–water partition coefficient (Wildman–Crippen LogP) is 4.17. The van der Waals surface area contributed by atoms with Crippen LogP contribution in [0.25, 0.3) is 10.8 Å². The van der Waals surface area contributed by atoms with Crippen molar-refractivity contribution in [2.75, 3.05) is 6.61 Å². The number of carbonyl (C=O) groups excluding carboxylic acids is 4. The Bertz CT molecular complexity index is 1340. The zero-order valence-electron chi connectivity index (χ0n) is 23.5. The highest BCUT2D eigenvalue weighted by Crippen LogP contribution is 2.35. The van der Waals surface area contributed by atoms with E-state index in [1.54, 1.807) is 0 Å². The van der Waals surface area contributed by atoms with Crippen LogP contribution in [0.4, 0.5) is 0 Å². The molecule has 0 aliphatic carbocycles. The first-order valence-corrected chi connectivity index (χ1v) is 14.0. The molecule has 15 heteroatoms. The second-order valence-corrected chi connectivity index (χ2v) is 11.7. The van der Waals surface area contributed by atoms with E-state index in [-0.39, 0.29) is 6.61 Å². The minimum absolute atomic E-state index is 0.0909. The predicted molar refractivity (Wildman–Crippen MR) is 154 cm³/mol. The van der Waals surface area contributed by atoms with E-state index in [0.717, 1.165) is 44.0 Å². The molecule has 1 aliphatic rings. The van der Waals surface area contributed by atoms with Crippen molar-refractivity contribution in [3.05, 3.63) is 48.0 Å². The number of hydrogen-bond acceptors (Lipinski definition) is 12. The fourth-order valence-electron chi connectivity index (χ4n) is 4.45. The number of benzene rings is 2. The van der Waals surface area contributed by atoms with Crippen LogP contribution in [0.1, 0.15) is 33.3 Å². The second kappa shape index (κ2) is 15.0. The maximum Gasteiger partial charge on any atom is 0.303 e. The molecule has 0 saturated carbocycles. The number of hydrogen-bond donors (Lipinski definition) is 1. The van der Waals surface area contributed by atoms with Crippen LogP contribution in [-0.2, 0) is 58.9 Å². The van der Waals surface area contributed by atoms with Gasteiger partial charge in [0.05, 0.1) is 6.61 Å². The number of fused-ring (bicyclic) bond motifs is 1. The molecule has 1 heterocycles. The minimum atomic E-state index is -2.34. The third kappa shape index (κ3) is 9.67. The van der Waals surface area contributed by atoms with Crippen LogP contribution in [0.2, 0.25) is 0 Å². The molecule has 1 saturated heterocycles. The van der Waals surface area contributed by atoms with Gasteiger partial charge in [-0.2, -0.15) is 0 Å². The third-order valence-electron chi connectivity index (χ3n) is 6.07. The van der Waals surface area contributed by atoms with Gasteiger partial charge in [0, 0.05) is 27.7 Å². The van der Waals surface area contributed by atoms with Gasteiger partial charge >= 0.3 is 23.9 Å². The first-order valence-electron chi connectivity index (χ1n) is 12.9. The monoisotopic (exact) mass is 661 g/mol. The fraction of sp³-hybridized carbons (Fsp3) is 0.464. The third-order valence-corrected chi connectivity index (χ3v) is 6.59. The Morgan fingerprint density at radius 3 is 2.07 bits per heavy atom. The largest absolute Gasteiger partial charge is 0.462 e. The van der Waals surface area contributed by atoms with Crippen molar-refractivity contribution in [1.82, 2.24) is 0 Å². The van der Waals surface area contributed by atoms with Crippen LogP contribution in [0.15, 0.2) is 42.5 Å². The van der Waals surface area contributed by atoms with E-state index in [2.05, 4.69) is 0 Å². The van der Waals surface area contributed by atoms with Crippen LogP contribution in [0.3, 0.4) is 0 Å². The summed E-state index contributed by atoms with van der Waals surface area (Å²) in [6, 6.07) is 13.1. The Morgan fingerprint density at radius 1 is 0.837 bits per heavy atom. The molecule has 12 nitrogen and oxygen atoms in total. The molecule has 0 radical (unpaired) electrons. The average Bonchev–Trinajstić information content (AvgIpc) is 2.90. The molecule has 1 fully saturated rings. The lowest BCUT2D eigenvalue weighted by atomic mass is 9.94. The van der Waals surface area contributed by atoms with E-state index in [4.69, 9.17) is 73.4 Å². The molecule has 0 amide bonds. The van der Waals surface area contributed by atoms with E-state index in [1.165, 1.54) is 0 Å². The summed E-state index contributed by atoms with van der Waals surface area (Å²) in [5.41, 5.74) is 0.730. The molecular weight excluding hydrogens is 633 g/mol. The number of nitrogens with one attached hydrogen (secondary N) is 1. The van der Waals surface area contributed by atoms with Crippen LogP contribution >= 0.6 is 34.8 Å². The molecule has 6 atom stereocenters. The summed E-state index contributed by atoms with van der Waals surface area (Å²) in [6.07, 6.45) is -8.91. The van der Waals surface area contributed by atoms with Crippen LogP contribution in [0.5, 0.6) is 0 Å². The molecule has 0 bridgehead atoms. The summed E-state index contributed by atoms with van der Waals surface area (Å²) in [7, 11) is 0. The Hall–Kier alpha value is -3.16. The summed E-state index contributed by atoms with van der Waals surface area (Å²) in [6.45, 7) is 3.80. The maximum absolute atomic E-state index is 12.3. The highest BCUT2D eigenvalue weighted by molar-refractivity contribution is 6.76. The summed E-state index contributed by atoms with van der Waals surface area (Å²) in [5.74, 6) is -4.01. The molecule has 43 heavy (non-hydrogen) atoms. The van der Waals surface area contributed by atoms with Crippen molar-refractivity contribution in [2.45, 2.75) is 74.9 Å². The summed E-state index contributed by atoms with van der Waals surface area (Å²) in [5, 5.41) is 9.96. The number of alkyl halides is 3. The molecule has 0 unspecified atom stereocenters. The SMILES string of the molecule is CC(=O)OC[C@H](OC(C)=O)[C@H]1O[C@H](OC(=N)C(Cl)(Cl)Cl)[C@@H](OCc2cccc3ccccc23)[C@@H](OC(C)=O)[C@@H]1OC(C)=O. The Morgan fingerprint density at radius 2 is 1.47 bits per heavy atom. The van der Waals surface area contributed by atoms with Crippen molar-refractivity contribution in [3.8, 4) is 0 Å². The van der Waals surface area contributed by atoms with Gasteiger partial charge in [0.25, 0.3) is 3.79 Å². The molecular formula is C28H30Cl3NO11. The zero-order valence-corrected chi connectivity index (χ0v) is 25.8. The van der Waals surface area contributed by atoms with E-state index < -0.39 is 77.0 Å². The molecule has 2 aromatic carbocycles. The normalized spacial score (nSPS) is 22.6. The van der Waals surface area contributed by atoms with Crippen molar-refractivity contribution in [3.63, 3.8) is 0 Å². The Balaban J connectivity index is 2.10. The van der Waals surface area contributed by atoms with Gasteiger partial charge in [-0.1, -0.05) is 77.3 Å². The topological polar surface area (TPSA) is 157 Å². The van der Waals surface area contributed by atoms with Gasteiger partial charge in [0.2, 0.25) is 12.2 Å². The van der Waals surface area contributed by atoms with Gasteiger partial charge in [0.15, 0.2) is 24.4 Å². The Kier molecular flexibility index (Phi) is 12.0. The minimum Gasteiger partial charge on any atom is -0.462 e. The van der Waals surface area contributed by atoms with E-state index >= 15 is 0 Å². The number of carbonyl (C=O) groups is 4. The van der Waals surface area contributed by atoms with Crippen LogP contribution in [-0.4, -0.2) is 77.0 Å². The van der Waals surface area contributed by atoms with Gasteiger partial charge < -0.3 is 33.2 Å². The number of halogens is 3. The molecule has 2 aromatic rings. The highest BCUT2D eigenvalue weighted by atomic mass is 35.6. The lowest BCUT2D eigenvalue weighted by molar-refractivity contribution is -0.309.